The molecule has 4 heteroatoms. The summed E-state index contributed by atoms with van der Waals surface area (Å²) in [5.74, 6) is -0.0942. The molecule has 1 fully saturated rings. The van der Waals surface area contributed by atoms with Crippen LogP contribution >= 0.6 is 0 Å². The number of likely N-dealkylation sites (tertiary alicyclic amines) is 1. The van der Waals surface area contributed by atoms with Crippen molar-refractivity contribution in [2.75, 3.05) is 26.2 Å². The number of nitriles is 1. The molecule has 0 aliphatic carbocycles. The lowest BCUT2D eigenvalue weighted by Crippen LogP contribution is -2.26. The highest BCUT2D eigenvalue weighted by Crippen LogP contribution is 2.08. The van der Waals surface area contributed by atoms with Crippen LogP contribution in [0, 0.1) is 11.3 Å². The Kier molecular flexibility index (Phi) is 5.57. The molecule has 0 saturated carbocycles. The smallest absolute Gasteiger partial charge is 0.251 e. The predicted octanol–water partition coefficient (Wildman–Crippen LogP) is 2.16. The number of carbonyl (C=O) groups is 1. The Morgan fingerprint density at radius 1 is 1.30 bits per heavy atom. The van der Waals surface area contributed by atoms with Crippen LogP contribution in [0.4, 0.5) is 0 Å². The van der Waals surface area contributed by atoms with Crippen molar-refractivity contribution in [3.63, 3.8) is 0 Å². The molecule has 4 nitrogen and oxygen atoms in total. The first-order chi connectivity index (χ1) is 9.79. The van der Waals surface area contributed by atoms with Crippen LogP contribution in [-0.2, 0) is 0 Å². The highest BCUT2D eigenvalue weighted by molar-refractivity contribution is 5.94. The highest BCUT2D eigenvalue weighted by Gasteiger charge is 2.10. The summed E-state index contributed by atoms with van der Waals surface area (Å²) in [6.45, 7) is 4.30. The third kappa shape index (κ3) is 4.36. The van der Waals surface area contributed by atoms with Crippen molar-refractivity contribution in [1.29, 1.82) is 5.26 Å². The molecular weight excluding hydrogens is 250 g/mol. The molecule has 1 saturated heterocycles. The van der Waals surface area contributed by atoms with Gasteiger partial charge < -0.3 is 10.2 Å². The van der Waals surface area contributed by atoms with Crippen molar-refractivity contribution in [2.24, 2.45) is 0 Å². The Morgan fingerprint density at radius 3 is 2.85 bits per heavy atom. The maximum atomic E-state index is 11.9. The van der Waals surface area contributed by atoms with Crippen molar-refractivity contribution in [1.82, 2.24) is 10.2 Å². The van der Waals surface area contributed by atoms with E-state index < -0.39 is 0 Å². The number of carbonyl (C=O) groups excluding carboxylic acids is 1. The van der Waals surface area contributed by atoms with E-state index in [1.165, 1.54) is 25.9 Å². The van der Waals surface area contributed by atoms with Crippen LogP contribution in [-0.4, -0.2) is 37.0 Å². The SMILES string of the molecule is N#Cc1cccc(C(=O)NCCCCN2CCCC2)c1. The Hall–Kier alpha value is -1.86. The lowest BCUT2D eigenvalue weighted by Gasteiger charge is -2.14. The maximum Gasteiger partial charge on any atom is 0.251 e. The van der Waals surface area contributed by atoms with Crippen LogP contribution in [0.15, 0.2) is 24.3 Å². The van der Waals surface area contributed by atoms with E-state index in [-0.39, 0.29) is 5.91 Å². The third-order valence-electron chi connectivity index (χ3n) is 3.64. The van der Waals surface area contributed by atoms with Gasteiger partial charge in [-0.25, -0.2) is 0 Å². The first kappa shape index (κ1) is 14.5. The minimum absolute atomic E-state index is 0.0942. The highest BCUT2D eigenvalue weighted by atomic mass is 16.1. The first-order valence-corrected chi connectivity index (χ1v) is 7.30. The summed E-state index contributed by atoms with van der Waals surface area (Å²) in [6.07, 6.45) is 4.77. The van der Waals surface area contributed by atoms with Crippen molar-refractivity contribution in [2.45, 2.75) is 25.7 Å². The molecule has 0 spiro atoms. The van der Waals surface area contributed by atoms with Crippen LogP contribution < -0.4 is 5.32 Å². The van der Waals surface area contributed by atoms with Crippen molar-refractivity contribution < 1.29 is 4.79 Å². The number of hydrogen-bond acceptors (Lipinski definition) is 3. The zero-order chi connectivity index (χ0) is 14.2. The average Bonchev–Trinajstić information content (AvgIpc) is 3.00. The number of nitrogens with zero attached hydrogens (tertiary/aromatic N) is 2. The van der Waals surface area contributed by atoms with Gasteiger partial charge in [-0.2, -0.15) is 5.26 Å². The summed E-state index contributed by atoms with van der Waals surface area (Å²) in [4.78, 5) is 14.4. The van der Waals surface area contributed by atoms with E-state index in [4.69, 9.17) is 5.26 Å². The molecule has 0 aromatic heterocycles. The van der Waals surface area contributed by atoms with Gasteiger partial charge in [0, 0.05) is 12.1 Å². The number of hydrogen-bond donors (Lipinski definition) is 1. The fourth-order valence-corrected chi connectivity index (χ4v) is 2.50. The molecule has 106 valence electrons. The fraction of sp³-hybridized carbons (Fsp3) is 0.500. The molecule has 1 heterocycles. The number of amides is 1. The van der Waals surface area contributed by atoms with Gasteiger partial charge in [0.05, 0.1) is 11.6 Å². The number of nitrogens with one attached hydrogen (secondary N) is 1. The Bertz CT molecular complexity index is 487. The molecule has 1 aromatic carbocycles. The van der Waals surface area contributed by atoms with E-state index in [9.17, 15) is 4.79 Å². The minimum Gasteiger partial charge on any atom is -0.352 e. The zero-order valence-electron chi connectivity index (χ0n) is 11.8. The molecule has 1 aliphatic rings. The van der Waals surface area contributed by atoms with Crippen LogP contribution in [0.3, 0.4) is 0 Å². The van der Waals surface area contributed by atoms with Gasteiger partial charge in [-0.15, -0.1) is 0 Å². The summed E-state index contributed by atoms with van der Waals surface area (Å²) in [7, 11) is 0. The fourth-order valence-electron chi connectivity index (χ4n) is 2.50. The van der Waals surface area contributed by atoms with Crippen LogP contribution in [0.2, 0.25) is 0 Å². The maximum absolute atomic E-state index is 11.9. The molecular formula is C16H21N3O. The second-order valence-corrected chi connectivity index (χ2v) is 5.20. The number of rotatable bonds is 6. The molecule has 20 heavy (non-hydrogen) atoms. The van der Waals surface area contributed by atoms with Gasteiger partial charge in [0.1, 0.15) is 0 Å². The van der Waals surface area contributed by atoms with Crippen molar-refractivity contribution in [3.8, 4) is 6.07 Å². The first-order valence-electron chi connectivity index (χ1n) is 7.30. The standard InChI is InChI=1S/C16H21N3O/c17-13-14-6-5-7-15(12-14)16(20)18-8-1-2-9-19-10-3-4-11-19/h5-7,12H,1-4,8-11H2,(H,18,20). The number of unbranched alkanes of at least 4 members (excludes halogenated alkanes) is 1. The molecule has 1 aromatic rings. The monoisotopic (exact) mass is 271 g/mol. The average molecular weight is 271 g/mol. The van der Waals surface area contributed by atoms with Gasteiger partial charge in [0.15, 0.2) is 0 Å². The summed E-state index contributed by atoms with van der Waals surface area (Å²) >= 11 is 0. The Morgan fingerprint density at radius 2 is 2.10 bits per heavy atom. The summed E-state index contributed by atoms with van der Waals surface area (Å²) in [6, 6.07) is 8.84. The van der Waals surface area contributed by atoms with Gasteiger partial charge in [0.2, 0.25) is 0 Å². The molecule has 0 atom stereocenters. The quantitative estimate of drug-likeness (QED) is 0.807. The second kappa shape index (κ2) is 7.66. The van der Waals surface area contributed by atoms with Crippen LogP contribution in [0.25, 0.3) is 0 Å². The van der Waals surface area contributed by atoms with E-state index in [2.05, 4.69) is 10.2 Å². The van der Waals surface area contributed by atoms with Crippen molar-refractivity contribution >= 4 is 5.91 Å². The van der Waals surface area contributed by atoms with E-state index in [0.29, 0.717) is 17.7 Å². The third-order valence-corrected chi connectivity index (χ3v) is 3.64. The Labute approximate surface area is 120 Å². The minimum atomic E-state index is -0.0942. The molecule has 0 radical (unpaired) electrons. The molecule has 2 rings (SSSR count). The molecule has 0 unspecified atom stereocenters. The summed E-state index contributed by atoms with van der Waals surface area (Å²) in [5, 5.41) is 11.7. The van der Waals surface area contributed by atoms with E-state index >= 15 is 0 Å². The lowest BCUT2D eigenvalue weighted by atomic mass is 10.1. The van der Waals surface area contributed by atoms with Gasteiger partial charge in [-0.1, -0.05) is 6.07 Å². The number of benzene rings is 1. The lowest BCUT2D eigenvalue weighted by molar-refractivity contribution is 0.0952. The molecule has 0 bridgehead atoms. The normalized spacial score (nSPS) is 14.9. The molecule has 1 aliphatic heterocycles. The van der Waals surface area contributed by atoms with Gasteiger partial charge in [-0.05, 0) is 63.5 Å². The molecule has 1 N–H and O–H groups in total. The topological polar surface area (TPSA) is 56.1 Å². The zero-order valence-corrected chi connectivity index (χ0v) is 11.8. The van der Waals surface area contributed by atoms with E-state index in [1.807, 2.05) is 6.07 Å². The summed E-state index contributed by atoms with van der Waals surface area (Å²) < 4.78 is 0. The van der Waals surface area contributed by atoms with Gasteiger partial charge >= 0.3 is 0 Å². The van der Waals surface area contributed by atoms with E-state index in [1.54, 1.807) is 24.3 Å². The van der Waals surface area contributed by atoms with Crippen molar-refractivity contribution in [3.05, 3.63) is 35.4 Å². The van der Waals surface area contributed by atoms with E-state index in [0.717, 1.165) is 19.4 Å². The predicted molar refractivity (Wildman–Crippen MR) is 78.4 cm³/mol. The van der Waals surface area contributed by atoms with Gasteiger partial charge in [0.25, 0.3) is 5.91 Å². The van der Waals surface area contributed by atoms with Gasteiger partial charge in [-0.3, -0.25) is 4.79 Å². The largest absolute Gasteiger partial charge is 0.352 e. The Balaban J connectivity index is 1.65. The van der Waals surface area contributed by atoms with Crippen LogP contribution in [0.1, 0.15) is 41.6 Å². The molecule has 1 amide bonds. The van der Waals surface area contributed by atoms with Crippen LogP contribution in [0.5, 0.6) is 0 Å². The second-order valence-electron chi connectivity index (χ2n) is 5.20. The summed E-state index contributed by atoms with van der Waals surface area (Å²) in [5.41, 5.74) is 1.08.